The first-order valence-corrected chi connectivity index (χ1v) is 7.10. The Balaban J connectivity index is 1.96. The van der Waals surface area contributed by atoms with E-state index in [-0.39, 0.29) is 11.7 Å². The summed E-state index contributed by atoms with van der Waals surface area (Å²) >= 11 is 1.42. The molecule has 1 saturated carbocycles. The molecule has 100 valence electrons. The third kappa shape index (κ3) is 2.46. The first kappa shape index (κ1) is 12.5. The molecule has 1 aromatic heterocycles. The molecular weight excluding hydrogens is 262 g/mol. The van der Waals surface area contributed by atoms with Crippen molar-refractivity contribution < 1.29 is 5.11 Å². The van der Waals surface area contributed by atoms with E-state index in [1.165, 1.54) is 11.8 Å². The minimum Gasteiger partial charge on any atom is -0.389 e. The molecule has 1 heterocycles. The highest BCUT2D eigenvalue weighted by Crippen LogP contribution is 2.38. The Bertz CT molecular complexity index is 643. The highest BCUT2D eigenvalue weighted by atomic mass is 32.2. The van der Waals surface area contributed by atoms with Crippen molar-refractivity contribution in [2.45, 2.75) is 42.0 Å². The zero-order valence-corrected chi connectivity index (χ0v) is 11.4. The van der Waals surface area contributed by atoms with E-state index >= 15 is 0 Å². The summed E-state index contributed by atoms with van der Waals surface area (Å²) in [7, 11) is 0. The van der Waals surface area contributed by atoms with E-state index in [9.17, 15) is 9.90 Å². The number of hydrogen-bond acceptors (Lipinski definition) is 4. The average molecular weight is 277 g/mol. The molecule has 3 rings (SSSR count). The summed E-state index contributed by atoms with van der Waals surface area (Å²) in [6.07, 6.45) is 1.53. The van der Waals surface area contributed by atoms with Crippen LogP contribution in [0.4, 0.5) is 0 Å². The molecule has 19 heavy (non-hydrogen) atoms. The molecule has 0 saturated heterocycles. The first-order valence-electron chi connectivity index (χ1n) is 6.28. The van der Waals surface area contributed by atoms with Gasteiger partial charge in [-0.1, -0.05) is 18.2 Å². The molecule has 6 heteroatoms. The van der Waals surface area contributed by atoms with Crippen molar-refractivity contribution in [2.24, 2.45) is 0 Å². The number of aromatic amines is 1. The van der Waals surface area contributed by atoms with Gasteiger partial charge in [0.1, 0.15) is 0 Å². The maximum atomic E-state index is 11.7. The van der Waals surface area contributed by atoms with Gasteiger partial charge in [-0.25, -0.2) is 9.89 Å². The van der Waals surface area contributed by atoms with Crippen LogP contribution in [0.15, 0.2) is 39.1 Å². The number of benzene rings is 1. The van der Waals surface area contributed by atoms with Crippen LogP contribution in [0.25, 0.3) is 0 Å². The maximum Gasteiger partial charge on any atom is 0.344 e. The van der Waals surface area contributed by atoms with Crippen LogP contribution in [0.2, 0.25) is 0 Å². The number of hydrogen-bond donors (Lipinski definition) is 2. The third-order valence-electron chi connectivity index (χ3n) is 3.15. The highest BCUT2D eigenvalue weighted by Gasteiger charge is 2.29. The molecule has 0 spiro atoms. The molecule has 1 atom stereocenters. The van der Waals surface area contributed by atoms with Crippen molar-refractivity contribution >= 4 is 11.8 Å². The van der Waals surface area contributed by atoms with Crippen LogP contribution < -0.4 is 5.69 Å². The van der Waals surface area contributed by atoms with Crippen LogP contribution in [0.1, 0.15) is 37.5 Å². The zero-order valence-electron chi connectivity index (χ0n) is 10.5. The van der Waals surface area contributed by atoms with Crippen LogP contribution in [-0.2, 0) is 0 Å². The number of aliphatic hydroxyl groups is 1. The Labute approximate surface area is 114 Å². The summed E-state index contributed by atoms with van der Waals surface area (Å²) in [5, 5.41) is 17.0. The fraction of sp³-hybridized carbons (Fsp3) is 0.385. The van der Waals surface area contributed by atoms with Gasteiger partial charge in [0.15, 0.2) is 5.16 Å². The number of nitrogens with one attached hydrogen (secondary N) is 1. The second kappa shape index (κ2) is 4.86. The second-order valence-corrected chi connectivity index (χ2v) is 5.74. The molecule has 0 bridgehead atoms. The van der Waals surface area contributed by atoms with Crippen molar-refractivity contribution in [3.05, 3.63) is 40.3 Å². The first-order chi connectivity index (χ1) is 9.16. The standard InChI is InChI=1S/C13H15N3O2S/c1-8(17)10-4-2-3-5-11(10)19-13-15-14-12(18)16(13)9-6-7-9/h2-5,8-9,17H,6-7H2,1H3,(H,14,18)/t8-/m1/s1. The van der Waals surface area contributed by atoms with Gasteiger partial charge in [-0.15, -0.1) is 5.10 Å². The van der Waals surface area contributed by atoms with Gasteiger partial charge in [0.2, 0.25) is 0 Å². The Kier molecular flexibility index (Phi) is 3.20. The Morgan fingerprint density at radius 3 is 2.89 bits per heavy atom. The molecule has 0 aliphatic heterocycles. The number of nitrogens with zero attached hydrogens (tertiary/aromatic N) is 2. The molecule has 1 aliphatic rings. The highest BCUT2D eigenvalue weighted by molar-refractivity contribution is 7.99. The summed E-state index contributed by atoms with van der Waals surface area (Å²) < 4.78 is 1.71. The largest absolute Gasteiger partial charge is 0.389 e. The zero-order chi connectivity index (χ0) is 13.4. The van der Waals surface area contributed by atoms with Crippen molar-refractivity contribution in [3.8, 4) is 0 Å². The smallest absolute Gasteiger partial charge is 0.344 e. The molecule has 5 nitrogen and oxygen atoms in total. The van der Waals surface area contributed by atoms with E-state index in [0.29, 0.717) is 5.16 Å². The van der Waals surface area contributed by atoms with Crippen LogP contribution in [0.3, 0.4) is 0 Å². The summed E-state index contributed by atoms with van der Waals surface area (Å²) in [5.41, 5.74) is 0.699. The fourth-order valence-electron chi connectivity index (χ4n) is 2.03. The number of H-pyrrole nitrogens is 1. The molecule has 0 radical (unpaired) electrons. The molecule has 0 unspecified atom stereocenters. The van der Waals surface area contributed by atoms with E-state index in [0.717, 1.165) is 23.3 Å². The van der Waals surface area contributed by atoms with Crippen molar-refractivity contribution in [1.82, 2.24) is 14.8 Å². The summed E-state index contributed by atoms with van der Waals surface area (Å²) in [6.45, 7) is 1.73. The topological polar surface area (TPSA) is 70.9 Å². The molecule has 1 aliphatic carbocycles. The lowest BCUT2D eigenvalue weighted by atomic mass is 10.1. The summed E-state index contributed by atoms with van der Waals surface area (Å²) in [6, 6.07) is 7.92. The maximum absolute atomic E-state index is 11.7. The molecule has 2 aromatic rings. The van der Waals surface area contributed by atoms with Crippen molar-refractivity contribution in [2.75, 3.05) is 0 Å². The minimum atomic E-state index is -0.538. The predicted octanol–water partition coefficient (Wildman–Crippen LogP) is 2.11. The average Bonchev–Trinajstić information content (AvgIpc) is 3.15. The SMILES string of the molecule is C[C@@H](O)c1ccccc1Sc1n[nH]c(=O)n1C1CC1. The number of aromatic nitrogens is 3. The van der Waals surface area contributed by atoms with Crippen molar-refractivity contribution in [1.29, 1.82) is 0 Å². The molecule has 2 N–H and O–H groups in total. The molecule has 0 amide bonds. The normalized spacial score (nSPS) is 16.5. The Hall–Kier alpha value is -1.53. The predicted molar refractivity (Wildman–Crippen MR) is 72.3 cm³/mol. The van der Waals surface area contributed by atoms with Crippen LogP contribution in [-0.4, -0.2) is 19.9 Å². The molecular formula is C13H15N3O2S. The number of aliphatic hydroxyl groups excluding tert-OH is 1. The monoisotopic (exact) mass is 277 g/mol. The van der Waals surface area contributed by atoms with Crippen LogP contribution >= 0.6 is 11.8 Å². The summed E-state index contributed by atoms with van der Waals surface area (Å²) in [5.74, 6) is 0. The van der Waals surface area contributed by atoms with Gasteiger partial charge < -0.3 is 5.11 Å². The lowest BCUT2D eigenvalue weighted by molar-refractivity contribution is 0.196. The van der Waals surface area contributed by atoms with E-state index in [1.807, 2.05) is 24.3 Å². The lowest BCUT2D eigenvalue weighted by Gasteiger charge is -2.11. The van der Waals surface area contributed by atoms with Gasteiger partial charge >= 0.3 is 5.69 Å². The number of rotatable bonds is 4. The fourth-order valence-corrected chi connectivity index (χ4v) is 3.16. The van der Waals surface area contributed by atoms with Gasteiger partial charge in [-0.2, -0.15) is 0 Å². The van der Waals surface area contributed by atoms with Crippen LogP contribution in [0.5, 0.6) is 0 Å². The third-order valence-corrected chi connectivity index (χ3v) is 4.22. The van der Waals surface area contributed by atoms with E-state index in [1.54, 1.807) is 11.5 Å². The Morgan fingerprint density at radius 2 is 2.21 bits per heavy atom. The van der Waals surface area contributed by atoms with Gasteiger partial charge in [-0.05, 0) is 43.2 Å². The van der Waals surface area contributed by atoms with Gasteiger partial charge in [-0.3, -0.25) is 4.57 Å². The minimum absolute atomic E-state index is 0.153. The van der Waals surface area contributed by atoms with Gasteiger partial charge in [0, 0.05) is 10.9 Å². The van der Waals surface area contributed by atoms with Gasteiger partial charge in [0.05, 0.1) is 6.10 Å². The molecule has 1 aromatic carbocycles. The lowest BCUT2D eigenvalue weighted by Crippen LogP contribution is -2.16. The Morgan fingerprint density at radius 1 is 1.47 bits per heavy atom. The summed E-state index contributed by atoms with van der Waals surface area (Å²) in [4.78, 5) is 12.6. The van der Waals surface area contributed by atoms with E-state index in [2.05, 4.69) is 10.2 Å². The van der Waals surface area contributed by atoms with Crippen LogP contribution in [0, 0.1) is 0 Å². The van der Waals surface area contributed by atoms with E-state index in [4.69, 9.17) is 0 Å². The van der Waals surface area contributed by atoms with Gasteiger partial charge in [0.25, 0.3) is 0 Å². The van der Waals surface area contributed by atoms with E-state index < -0.39 is 6.10 Å². The molecule has 1 fully saturated rings. The van der Waals surface area contributed by atoms with Crippen molar-refractivity contribution in [3.63, 3.8) is 0 Å². The second-order valence-electron chi connectivity index (χ2n) is 4.73. The quantitative estimate of drug-likeness (QED) is 0.898.